The summed E-state index contributed by atoms with van der Waals surface area (Å²) in [6.07, 6.45) is 6.54. The summed E-state index contributed by atoms with van der Waals surface area (Å²) in [5, 5.41) is 0. The molecule has 0 bridgehead atoms. The summed E-state index contributed by atoms with van der Waals surface area (Å²) in [6, 6.07) is 6.80. The Morgan fingerprint density at radius 1 is 0.906 bits per heavy atom. The minimum absolute atomic E-state index is 0.101. The molecule has 32 heavy (non-hydrogen) atoms. The second kappa shape index (κ2) is 11.4. The van der Waals surface area contributed by atoms with Crippen molar-refractivity contribution >= 4 is 0 Å². The van der Waals surface area contributed by atoms with E-state index in [4.69, 9.17) is 0 Å². The van der Waals surface area contributed by atoms with E-state index in [1.807, 2.05) is 6.92 Å². The lowest BCUT2D eigenvalue weighted by Gasteiger charge is -2.25. The predicted molar refractivity (Wildman–Crippen MR) is 114 cm³/mol. The van der Waals surface area contributed by atoms with Crippen LogP contribution in [0.3, 0.4) is 0 Å². The smallest absolute Gasteiger partial charge is 0.387 e. The molecule has 6 heteroatoms. The molecule has 0 saturated heterocycles. The zero-order chi connectivity index (χ0) is 23.1. The summed E-state index contributed by atoms with van der Waals surface area (Å²) < 4.78 is 70.8. The van der Waals surface area contributed by atoms with Crippen molar-refractivity contribution in [1.82, 2.24) is 0 Å². The lowest BCUT2D eigenvalue weighted by Crippen LogP contribution is -2.14. The minimum Gasteiger partial charge on any atom is -0.432 e. The topological polar surface area (TPSA) is 9.23 Å². The molecule has 0 N–H and O–H groups in total. The summed E-state index contributed by atoms with van der Waals surface area (Å²) in [5.74, 6) is 3.86. The highest BCUT2D eigenvalue weighted by Crippen LogP contribution is 2.32. The number of rotatable bonds is 7. The highest BCUT2D eigenvalue weighted by Gasteiger charge is 2.20. The quantitative estimate of drug-likeness (QED) is 0.314. The fourth-order valence-electron chi connectivity index (χ4n) is 4.21. The van der Waals surface area contributed by atoms with Crippen molar-refractivity contribution in [3.63, 3.8) is 0 Å². The standard InChI is InChI=1S/C26H27F5O/c1-2-3-20-15-22(27)21(23(28)16-20)12-10-18-6-4-17(5-7-18)8-9-19-11-13-25(24(29)14-19)32-26(30)31/h11,13-18,26H,2-9H2,1H3/t17-,18-. The number of hydrogen-bond donors (Lipinski definition) is 0. The fourth-order valence-corrected chi connectivity index (χ4v) is 4.21. The second-order valence-electron chi connectivity index (χ2n) is 8.35. The normalized spacial score (nSPS) is 18.3. The number of benzene rings is 2. The van der Waals surface area contributed by atoms with E-state index in [9.17, 15) is 22.0 Å². The third-order valence-electron chi connectivity index (χ3n) is 5.94. The first-order valence-corrected chi connectivity index (χ1v) is 11.1. The van der Waals surface area contributed by atoms with E-state index < -0.39 is 29.8 Å². The monoisotopic (exact) mass is 450 g/mol. The molecule has 0 aromatic heterocycles. The summed E-state index contributed by atoms with van der Waals surface area (Å²) in [6.45, 7) is -1.10. The SMILES string of the molecule is CCCc1cc(F)c(C#C[C@H]2CC[C@H](CCc3ccc(OC(F)F)c(F)c3)CC2)c(F)c1. The third-order valence-corrected chi connectivity index (χ3v) is 5.94. The molecule has 1 nitrogen and oxygen atoms in total. The van der Waals surface area contributed by atoms with Gasteiger partial charge in [0.1, 0.15) is 11.6 Å². The number of ether oxygens (including phenoxy) is 1. The van der Waals surface area contributed by atoms with Crippen molar-refractivity contribution in [2.24, 2.45) is 11.8 Å². The van der Waals surface area contributed by atoms with Crippen LogP contribution < -0.4 is 4.74 Å². The number of halogens is 5. The molecule has 0 amide bonds. The van der Waals surface area contributed by atoms with Crippen LogP contribution in [0, 0.1) is 41.1 Å². The van der Waals surface area contributed by atoms with Crippen molar-refractivity contribution < 1.29 is 26.7 Å². The van der Waals surface area contributed by atoms with E-state index in [-0.39, 0.29) is 11.5 Å². The van der Waals surface area contributed by atoms with E-state index in [0.29, 0.717) is 24.3 Å². The Kier molecular flexibility index (Phi) is 8.55. The average molecular weight is 450 g/mol. The molecule has 2 aromatic rings. The molecule has 1 fully saturated rings. The molecule has 1 saturated carbocycles. The van der Waals surface area contributed by atoms with Crippen LogP contribution in [0.4, 0.5) is 22.0 Å². The van der Waals surface area contributed by atoms with Crippen LogP contribution in [0.15, 0.2) is 30.3 Å². The van der Waals surface area contributed by atoms with E-state index in [0.717, 1.165) is 44.1 Å². The number of hydrogen-bond acceptors (Lipinski definition) is 1. The van der Waals surface area contributed by atoms with E-state index in [1.54, 1.807) is 6.07 Å². The Labute approximate surface area is 186 Å². The van der Waals surface area contributed by atoms with Crippen molar-refractivity contribution in [2.75, 3.05) is 0 Å². The first-order chi connectivity index (χ1) is 15.4. The molecule has 0 radical (unpaired) electrons. The van der Waals surface area contributed by atoms with Gasteiger partial charge >= 0.3 is 6.61 Å². The molecule has 2 aromatic carbocycles. The minimum atomic E-state index is -3.05. The maximum atomic E-state index is 14.2. The Morgan fingerprint density at radius 2 is 1.56 bits per heavy atom. The molecule has 0 unspecified atom stereocenters. The zero-order valence-electron chi connectivity index (χ0n) is 18.1. The van der Waals surface area contributed by atoms with Gasteiger partial charge in [0.15, 0.2) is 11.6 Å². The van der Waals surface area contributed by atoms with Gasteiger partial charge in [-0.2, -0.15) is 8.78 Å². The Bertz CT molecular complexity index is 945. The van der Waals surface area contributed by atoms with Crippen molar-refractivity contribution in [3.05, 3.63) is 64.5 Å². The molecule has 1 aliphatic rings. The Hall–Kier alpha value is -2.55. The van der Waals surface area contributed by atoms with E-state index in [2.05, 4.69) is 16.6 Å². The fraction of sp³-hybridized carbons (Fsp3) is 0.462. The van der Waals surface area contributed by atoms with Gasteiger partial charge in [-0.3, -0.25) is 0 Å². The van der Waals surface area contributed by atoms with Gasteiger partial charge in [0, 0.05) is 5.92 Å². The largest absolute Gasteiger partial charge is 0.432 e. The molecule has 3 rings (SSSR count). The van der Waals surface area contributed by atoms with Gasteiger partial charge in [-0.15, -0.1) is 0 Å². The summed E-state index contributed by atoms with van der Waals surface area (Å²) >= 11 is 0. The van der Waals surface area contributed by atoms with Gasteiger partial charge in [-0.25, -0.2) is 13.2 Å². The Balaban J connectivity index is 1.50. The van der Waals surface area contributed by atoms with Gasteiger partial charge < -0.3 is 4.74 Å². The lowest BCUT2D eigenvalue weighted by molar-refractivity contribution is -0.0522. The molecule has 0 heterocycles. The first kappa shape index (κ1) is 24.1. The van der Waals surface area contributed by atoms with Crippen molar-refractivity contribution in [2.45, 2.75) is 64.9 Å². The van der Waals surface area contributed by atoms with Crippen LogP contribution in [0.2, 0.25) is 0 Å². The maximum absolute atomic E-state index is 14.2. The molecular weight excluding hydrogens is 423 g/mol. The summed E-state index contributed by atoms with van der Waals surface area (Å²) in [4.78, 5) is 0. The molecular formula is C26H27F5O. The average Bonchev–Trinajstić information content (AvgIpc) is 2.74. The van der Waals surface area contributed by atoms with Crippen LogP contribution in [-0.4, -0.2) is 6.61 Å². The van der Waals surface area contributed by atoms with Gasteiger partial charge in [0.2, 0.25) is 0 Å². The third kappa shape index (κ3) is 6.72. The van der Waals surface area contributed by atoms with E-state index >= 15 is 0 Å². The number of aryl methyl sites for hydroxylation is 2. The predicted octanol–water partition coefficient (Wildman–Crippen LogP) is 7.45. The first-order valence-electron chi connectivity index (χ1n) is 11.1. The van der Waals surface area contributed by atoms with Crippen molar-refractivity contribution in [1.29, 1.82) is 0 Å². The summed E-state index contributed by atoms with van der Waals surface area (Å²) in [5.41, 5.74) is 1.22. The van der Waals surface area contributed by atoms with E-state index in [1.165, 1.54) is 24.3 Å². The van der Waals surface area contributed by atoms with Gasteiger partial charge in [-0.05, 0) is 86.3 Å². The highest BCUT2D eigenvalue weighted by atomic mass is 19.3. The molecule has 0 spiro atoms. The summed E-state index contributed by atoms with van der Waals surface area (Å²) in [7, 11) is 0. The Morgan fingerprint density at radius 3 is 2.16 bits per heavy atom. The van der Waals surface area contributed by atoms with Gasteiger partial charge in [-0.1, -0.05) is 31.3 Å². The molecule has 0 atom stereocenters. The van der Waals surface area contributed by atoms with Gasteiger partial charge in [0.05, 0.1) is 5.56 Å². The molecule has 1 aliphatic carbocycles. The molecule has 0 aliphatic heterocycles. The van der Waals surface area contributed by atoms with Crippen LogP contribution in [-0.2, 0) is 12.8 Å². The zero-order valence-corrected chi connectivity index (χ0v) is 18.1. The van der Waals surface area contributed by atoms with Crippen LogP contribution in [0.25, 0.3) is 0 Å². The lowest BCUT2D eigenvalue weighted by atomic mass is 9.79. The number of alkyl halides is 2. The second-order valence-corrected chi connectivity index (χ2v) is 8.35. The van der Waals surface area contributed by atoms with Crippen LogP contribution in [0.1, 0.15) is 62.1 Å². The highest BCUT2D eigenvalue weighted by molar-refractivity contribution is 5.39. The molecule has 172 valence electrons. The maximum Gasteiger partial charge on any atom is 0.387 e. The van der Waals surface area contributed by atoms with Crippen molar-refractivity contribution in [3.8, 4) is 17.6 Å². The van der Waals surface area contributed by atoms with Crippen LogP contribution >= 0.6 is 0 Å². The van der Waals surface area contributed by atoms with Gasteiger partial charge in [0.25, 0.3) is 0 Å². The van der Waals surface area contributed by atoms with Crippen LogP contribution in [0.5, 0.6) is 5.75 Å².